The van der Waals surface area contributed by atoms with Gasteiger partial charge in [0, 0.05) is 29.7 Å². The Labute approximate surface area is 97.9 Å². The van der Waals surface area contributed by atoms with E-state index in [0.29, 0.717) is 10.0 Å². The molecule has 2 rings (SSSR count). The molecule has 2 aromatic rings. The van der Waals surface area contributed by atoms with Crippen LogP contribution in [-0.4, -0.2) is 9.97 Å². The zero-order chi connectivity index (χ0) is 10.8. The van der Waals surface area contributed by atoms with Crippen LogP contribution in [0.15, 0.2) is 30.7 Å². The number of aryl methyl sites for hydroxylation is 1. The first-order chi connectivity index (χ1) is 7.18. The van der Waals surface area contributed by atoms with E-state index in [2.05, 4.69) is 9.97 Å². The molecule has 4 heteroatoms. The van der Waals surface area contributed by atoms with Crippen molar-refractivity contribution in [3.8, 4) is 11.1 Å². The standard InChI is InChI=1S/C11H8Cl2N2/c1-7-10(12)4-8(5-15-7)9-2-3-14-6-11(9)13/h2-6H,1H3. The minimum atomic E-state index is 0.596. The van der Waals surface area contributed by atoms with Crippen LogP contribution in [0.25, 0.3) is 11.1 Å². The highest BCUT2D eigenvalue weighted by molar-refractivity contribution is 6.33. The second-order valence-corrected chi connectivity index (χ2v) is 3.96. The summed E-state index contributed by atoms with van der Waals surface area (Å²) < 4.78 is 0. The summed E-state index contributed by atoms with van der Waals surface area (Å²) in [6.45, 7) is 1.86. The van der Waals surface area contributed by atoms with Crippen LogP contribution in [0.2, 0.25) is 10.0 Å². The van der Waals surface area contributed by atoms with E-state index in [9.17, 15) is 0 Å². The Morgan fingerprint density at radius 3 is 2.60 bits per heavy atom. The Balaban J connectivity index is 2.55. The highest BCUT2D eigenvalue weighted by atomic mass is 35.5. The molecule has 0 aliphatic carbocycles. The van der Waals surface area contributed by atoms with Gasteiger partial charge in [-0.25, -0.2) is 0 Å². The fourth-order valence-corrected chi connectivity index (χ4v) is 1.66. The van der Waals surface area contributed by atoms with Gasteiger partial charge in [0.1, 0.15) is 0 Å². The highest BCUT2D eigenvalue weighted by Crippen LogP contribution is 2.28. The number of hydrogen-bond donors (Lipinski definition) is 0. The third-order valence-corrected chi connectivity index (χ3v) is 2.79. The fraction of sp³-hybridized carbons (Fsp3) is 0.0909. The molecule has 2 heterocycles. The van der Waals surface area contributed by atoms with Gasteiger partial charge in [-0.05, 0) is 19.1 Å². The molecular formula is C11H8Cl2N2. The zero-order valence-electron chi connectivity index (χ0n) is 8.04. The normalized spacial score (nSPS) is 10.3. The Kier molecular flexibility index (Phi) is 2.89. The maximum Gasteiger partial charge on any atom is 0.0668 e. The largest absolute Gasteiger partial charge is 0.263 e. The van der Waals surface area contributed by atoms with E-state index in [1.807, 2.05) is 19.1 Å². The molecule has 0 aliphatic heterocycles. The minimum absolute atomic E-state index is 0.596. The van der Waals surface area contributed by atoms with E-state index >= 15 is 0 Å². The van der Waals surface area contributed by atoms with Gasteiger partial charge in [0.15, 0.2) is 0 Å². The average molecular weight is 239 g/mol. The molecule has 2 aromatic heterocycles. The summed E-state index contributed by atoms with van der Waals surface area (Å²) in [5, 5.41) is 1.24. The highest BCUT2D eigenvalue weighted by Gasteiger charge is 2.05. The summed E-state index contributed by atoms with van der Waals surface area (Å²) in [6, 6.07) is 3.69. The monoisotopic (exact) mass is 238 g/mol. The van der Waals surface area contributed by atoms with Gasteiger partial charge in [-0.15, -0.1) is 0 Å². The zero-order valence-corrected chi connectivity index (χ0v) is 9.55. The van der Waals surface area contributed by atoms with E-state index in [4.69, 9.17) is 23.2 Å². The lowest BCUT2D eigenvalue weighted by atomic mass is 10.1. The van der Waals surface area contributed by atoms with E-state index in [1.54, 1.807) is 18.6 Å². The van der Waals surface area contributed by atoms with Gasteiger partial charge in [-0.1, -0.05) is 23.2 Å². The van der Waals surface area contributed by atoms with Crippen molar-refractivity contribution in [3.63, 3.8) is 0 Å². The maximum atomic E-state index is 6.02. The number of hydrogen-bond acceptors (Lipinski definition) is 2. The van der Waals surface area contributed by atoms with E-state index in [-0.39, 0.29) is 0 Å². The lowest BCUT2D eigenvalue weighted by Crippen LogP contribution is -1.86. The van der Waals surface area contributed by atoms with Crippen LogP contribution in [0.4, 0.5) is 0 Å². The molecule has 0 atom stereocenters. The smallest absolute Gasteiger partial charge is 0.0668 e. The van der Waals surface area contributed by atoms with Crippen molar-refractivity contribution in [1.29, 1.82) is 0 Å². The molecule has 0 radical (unpaired) electrons. The molecule has 0 aromatic carbocycles. The second-order valence-electron chi connectivity index (χ2n) is 3.15. The number of halogens is 2. The van der Waals surface area contributed by atoms with Crippen molar-refractivity contribution in [1.82, 2.24) is 9.97 Å². The lowest BCUT2D eigenvalue weighted by molar-refractivity contribution is 1.20. The van der Waals surface area contributed by atoms with E-state index in [1.165, 1.54) is 0 Å². The second kappa shape index (κ2) is 4.17. The summed E-state index contributed by atoms with van der Waals surface area (Å²) in [5.74, 6) is 0. The van der Waals surface area contributed by atoms with Crippen LogP contribution in [0.5, 0.6) is 0 Å². The van der Waals surface area contributed by atoms with Crippen molar-refractivity contribution in [2.75, 3.05) is 0 Å². The molecule has 0 bridgehead atoms. The molecule has 0 spiro atoms. The van der Waals surface area contributed by atoms with E-state index in [0.717, 1.165) is 16.8 Å². The first kappa shape index (κ1) is 10.4. The number of aromatic nitrogens is 2. The van der Waals surface area contributed by atoms with Crippen molar-refractivity contribution < 1.29 is 0 Å². The molecule has 0 saturated heterocycles. The quantitative estimate of drug-likeness (QED) is 0.757. The summed E-state index contributed by atoms with van der Waals surface area (Å²) in [4.78, 5) is 8.11. The molecule has 76 valence electrons. The summed E-state index contributed by atoms with van der Waals surface area (Å²) in [7, 11) is 0. The van der Waals surface area contributed by atoms with Crippen molar-refractivity contribution in [2.24, 2.45) is 0 Å². The van der Waals surface area contributed by atoms with Crippen LogP contribution >= 0.6 is 23.2 Å². The van der Waals surface area contributed by atoms with Crippen LogP contribution in [0.1, 0.15) is 5.69 Å². The minimum Gasteiger partial charge on any atom is -0.263 e. The Bertz CT molecular complexity index is 498. The van der Waals surface area contributed by atoms with Crippen LogP contribution in [-0.2, 0) is 0 Å². The van der Waals surface area contributed by atoms with Gasteiger partial charge >= 0.3 is 0 Å². The molecule has 0 N–H and O–H groups in total. The van der Waals surface area contributed by atoms with Gasteiger partial charge in [0.05, 0.1) is 15.7 Å². The Hall–Kier alpha value is -1.12. The first-order valence-corrected chi connectivity index (χ1v) is 5.16. The van der Waals surface area contributed by atoms with Gasteiger partial charge in [0.2, 0.25) is 0 Å². The Morgan fingerprint density at radius 2 is 1.93 bits per heavy atom. The molecular weight excluding hydrogens is 231 g/mol. The number of nitrogens with zero attached hydrogens (tertiary/aromatic N) is 2. The third kappa shape index (κ3) is 2.11. The van der Waals surface area contributed by atoms with Crippen LogP contribution < -0.4 is 0 Å². The lowest BCUT2D eigenvalue weighted by Gasteiger charge is -2.04. The molecule has 0 saturated carbocycles. The van der Waals surface area contributed by atoms with Crippen molar-refractivity contribution in [3.05, 3.63) is 46.5 Å². The van der Waals surface area contributed by atoms with Gasteiger partial charge < -0.3 is 0 Å². The molecule has 0 fully saturated rings. The first-order valence-electron chi connectivity index (χ1n) is 4.40. The summed E-state index contributed by atoms with van der Waals surface area (Å²) in [6.07, 6.45) is 5.04. The van der Waals surface area contributed by atoms with Crippen LogP contribution in [0.3, 0.4) is 0 Å². The van der Waals surface area contributed by atoms with Crippen molar-refractivity contribution >= 4 is 23.2 Å². The predicted octanol–water partition coefficient (Wildman–Crippen LogP) is 3.76. The fourth-order valence-electron chi connectivity index (χ4n) is 1.26. The SMILES string of the molecule is Cc1ncc(-c2ccncc2Cl)cc1Cl. The number of pyridine rings is 2. The molecule has 0 amide bonds. The molecule has 15 heavy (non-hydrogen) atoms. The summed E-state index contributed by atoms with van der Waals surface area (Å²) >= 11 is 12.0. The van der Waals surface area contributed by atoms with Gasteiger partial charge in [0.25, 0.3) is 0 Å². The maximum absolute atomic E-state index is 6.02. The molecule has 2 nitrogen and oxygen atoms in total. The van der Waals surface area contributed by atoms with Gasteiger partial charge in [-0.3, -0.25) is 9.97 Å². The van der Waals surface area contributed by atoms with Crippen LogP contribution in [0, 0.1) is 6.92 Å². The molecule has 0 aliphatic rings. The topological polar surface area (TPSA) is 25.8 Å². The predicted molar refractivity (Wildman–Crippen MR) is 62.2 cm³/mol. The van der Waals surface area contributed by atoms with Crippen molar-refractivity contribution in [2.45, 2.75) is 6.92 Å². The third-order valence-electron chi connectivity index (χ3n) is 2.11. The Morgan fingerprint density at radius 1 is 1.13 bits per heavy atom. The average Bonchev–Trinajstić information content (AvgIpc) is 2.23. The van der Waals surface area contributed by atoms with Gasteiger partial charge in [-0.2, -0.15) is 0 Å². The number of rotatable bonds is 1. The molecule has 0 unspecified atom stereocenters. The summed E-state index contributed by atoms with van der Waals surface area (Å²) in [5.41, 5.74) is 2.60. The van der Waals surface area contributed by atoms with E-state index < -0.39 is 0 Å².